The van der Waals surface area contributed by atoms with E-state index in [1.807, 2.05) is 0 Å². The third-order valence-corrected chi connectivity index (χ3v) is 23.4. The lowest BCUT2D eigenvalue weighted by Crippen LogP contribution is -2.66. The van der Waals surface area contributed by atoms with Gasteiger partial charge in [0.1, 0.15) is 115 Å². The molecule has 0 aromatic heterocycles. The van der Waals surface area contributed by atoms with Crippen LogP contribution in [-0.2, 0) is 85.4 Å². The molecular weight excluding hydrogens is 1310 g/mol. The van der Waals surface area contributed by atoms with Crippen molar-refractivity contribution < 1.29 is 167 Å². The van der Waals surface area contributed by atoms with Crippen molar-refractivity contribution in [2.75, 3.05) is 46.2 Å². The van der Waals surface area contributed by atoms with Gasteiger partial charge in [0.05, 0.1) is 82.7 Å². The first kappa shape index (κ1) is 74.9. The fourth-order valence-corrected chi connectivity index (χ4v) is 18.2. The highest BCUT2D eigenvalue weighted by Crippen LogP contribution is 2.71. The second-order valence-electron chi connectivity index (χ2n) is 29.4. The minimum Gasteiger partial charge on any atom is -0.465 e. The molecule has 39 unspecified atom stereocenters. The van der Waals surface area contributed by atoms with E-state index in [0.29, 0.717) is 32.1 Å². The summed E-state index contributed by atoms with van der Waals surface area (Å²) in [6.07, 6.45) is -41.5. The van der Waals surface area contributed by atoms with Gasteiger partial charge < -0.3 is 157 Å². The Balaban J connectivity index is 0.732. The van der Waals surface area contributed by atoms with Crippen molar-refractivity contribution in [3.8, 4) is 0 Å². The first-order valence-corrected chi connectivity index (χ1v) is 33.8. The molecule has 34 heteroatoms. The van der Waals surface area contributed by atoms with Crippen molar-refractivity contribution >= 4 is 11.9 Å². The Morgan fingerprint density at radius 3 is 1.95 bits per heavy atom. The van der Waals surface area contributed by atoms with Crippen molar-refractivity contribution in [1.82, 2.24) is 0 Å². The largest absolute Gasteiger partial charge is 0.465 e. The second-order valence-corrected chi connectivity index (χ2v) is 29.4. The zero-order valence-electron chi connectivity index (χ0n) is 55.2. The molecule has 3 saturated carbocycles. The molecule has 0 radical (unpaired) electrons. The van der Waals surface area contributed by atoms with E-state index < -0.39 is 263 Å². The summed E-state index contributed by atoms with van der Waals surface area (Å²) in [5.74, 6) is -4.72. The van der Waals surface area contributed by atoms with Gasteiger partial charge in [-0.15, -0.1) is 0 Å². The van der Waals surface area contributed by atoms with Crippen LogP contribution in [0.3, 0.4) is 0 Å². The van der Waals surface area contributed by atoms with E-state index in [4.69, 9.17) is 75.8 Å². The van der Waals surface area contributed by atoms with Gasteiger partial charge in [0.25, 0.3) is 0 Å². The van der Waals surface area contributed by atoms with E-state index in [1.54, 1.807) is 0 Å². The van der Waals surface area contributed by atoms with E-state index in [9.17, 15) is 91.3 Å². The average molecular weight is 1410 g/mol. The van der Waals surface area contributed by atoms with E-state index in [2.05, 4.69) is 26.5 Å². The summed E-state index contributed by atoms with van der Waals surface area (Å²) in [7, 11) is 0. The number of aliphatic hydroxyl groups excluding tert-OH is 15. The summed E-state index contributed by atoms with van der Waals surface area (Å²) in [5.41, 5.74) is -2.34. The van der Waals surface area contributed by atoms with Crippen LogP contribution in [0.1, 0.15) is 80.1 Å². The molecular formula is C64H98O34. The second kappa shape index (κ2) is 28.9. The first-order chi connectivity index (χ1) is 46.3. The normalized spacial score (nSPS) is 54.1. The number of hydrogen-bond acceptors (Lipinski definition) is 34. The fourth-order valence-electron chi connectivity index (χ4n) is 18.2. The maximum atomic E-state index is 12.8. The van der Waals surface area contributed by atoms with Crippen LogP contribution < -0.4 is 0 Å². The number of rotatable bonds is 17. The summed E-state index contributed by atoms with van der Waals surface area (Å²) < 4.78 is 96.9. The van der Waals surface area contributed by atoms with E-state index in [0.717, 1.165) is 12.5 Å². The van der Waals surface area contributed by atoms with Gasteiger partial charge in [-0.1, -0.05) is 32.1 Å². The first-order valence-electron chi connectivity index (χ1n) is 33.8. The van der Waals surface area contributed by atoms with E-state index >= 15 is 0 Å². The van der Waals surface area contributed by atoms with Crippen LogP contribution in [0.4, 0.5) is 0 Å². The number of ether oxygens (including phenoxy) is 16. The Bertz CT molecular complexity index is 2840. The molecule has 8 saturated heterocycles. The van der Waals surface area contributed by atoms with Gasteiger partial charge in [0.15, 0.2) is 43.8 Å². The van der Waals surface area contributed by atoms with Crippen LogP contribution in [-0.4, -0.2) is 336 Å². The Hall–Kier alpha value is -2.78. The van der Waals surface area contributed by atoms with Crippen molar-refractivity contribution in [1.29, 1.82) is 0 Å². The minimum atomic E-state index is -2.14. The third-order valence-electron chi connectivity index (χ3n) is 23.4. The Morgan fingerprint density at radius 2 is 1.27 bits per heavy atom. The zero-order valence-corrected chi connectivity index (χ0v) is 55.2. The predicted molar refractivity (Wildman–Crippen MR) is 317 cm³/mol. The van der Waals surface area contributed by atoms with Gasteiger partial charge in [0.2, 0.25) is 5.79 Å². The summed E-state index contributed by atoms with van der Waals surface area (Å²) in [6.45, 7) is 9.92. The average Bonchev–Trinajstić information content (AvgIpc) is 1.48. The molecule has 16 N–H and O–H groups in total. The van der Waals surface area contributed by atoms with Gasteiger partial charge in [-0.3, -0.25) is 9.59 Å². The Kier molecular flexibility index (Phi) is 22.1. The highest BCUT2D eigenvalue weighted by atomic mass is 16.8. The molecule has 12 rings (SSSR count). The molecule has 8 heterocycles. The topological polar surface area (TPSA) is 506 Å². The highest BCUT2D eigenvalue weighted by Gasteiger charge is 2.74. The minimum absolute atomic E-state index is 0.0431. The number of hydrogen-bond donors (Lipinski definition) is 16. The standard InChI is InChI=1S/C64H98O34/c1-22-16-87-64(53(80)47(22)93-56-44(77)42(75)48(23(2)88-56)94-57-43(76)41(74)40(73)36(15-65)91-57)32(17-83-25(4)67)38-35(98-64)14-31-29-9-8-27-12-28(69)13-37(62(27,7)30(29)10-11-61(31,38)6)92-55-45(78)50(34(71)19-84-55)95-59-52(39(72)33(70)18-85-59)97-58-46(79)51(49(24(3)89-58)90-26(5)68)96-60-54(81)63(82,20-66)21-86-60/h8,23-24,28-60,65-66,69-82H,1,9-21H2,2-7H3. The summed E-state index contributed by atoms with van der Waals surface area (Å²) in [6, 6.07) is 0. The molecule has 0 aromatic carbocycles. The predicted octanol–water partition coefficient (Wildman–Crippen LogP) is -6.42. The van der Waals surface area contributed by atoms with Crippen molar-refractivity contribution in [3.63, 3.8) is 0 Å². The fraction of sp³-hybridized carbons (Fsp3) is 0.906. The smallest absolute Gasteiger partial charge is 0.303 e. The van der Waals surface area contributed by atoms with Crippen LogP contribution in [0.25, 0.3) is 0 Å². The molecule has 8 aliphatic heterocycles. The molecule has 558 valence electrons. The molecule has 34 nitrogen and oxygen atoms in total. The molecule has 4 aliphatic carbocycles. The number of carbonyl (C=O) groups excluding carboxylic acids is 2. The monoisotopic (exact) mass is 1410 g/mol. The number of carbonyl (C=O) groups is 2. The number of allylic oxidation sites excluding steroid dienone is 1. The molecule has 39 atom stereocenters. The van der Waals surface area contributed by atoms with Crippen LogP contribution >= 0.6 is 0 Å². The molecule has 0 amide bonds. The van der Waals surface area contributed by atoms with Crippen molar-refractivity contribution in [2.45, 2.75) is 276 Å². The van der Waals surface area contributed by atoms with Crippen LogP contribution in [0.2, 0.25) is 0 Å². The lowest BCUT2D eigenvalue weighted by Gasteiger charge is -2.60. The highest BCUT2D eigenvalue weighted by molar-refractivity contribution is 5.66. The molecule has 11 fully saturated rings. The molecule has 98 heavy (non-hydrogen) atoms. The van der Waals surface area contributed by atoms with Crippen LogP contribution in [0.15, 0.2) is 23.8 Å². The SMILES string of the molecule is C=C1COC2(OC3CC4C5CC=C6CC(O)CC(OC7OCC(O)C(OC8OCC(O)C(O)C8OC8OC(C)C(OC(C)=O)C(OC9OCC(O)(CO)C9O)C8O)C7O)C6(C)C5CCC4(C)C3C2COC(C)=O)C(O)C1OC1OC(C)C(OC2OC(CO)C(O)C(O)C2O)C(O)C1O. The van der Waals surface area contributed by atoms with E-state index in [-0.39, 0.29) is 43.0 Å². The van der Waals surface area contributed by atoms with Crippen molar-refractivity contribution in [2.24, 2.45) is 40.4 Å². The lowest BCUT2D eigenvalue weighted by molar-refractivity contribution is -0.380. The van der Waals surface area contributed by atoms with Gasteiger partial charge in [-0.25, -0.2) is 0 Å². The molecule has 1 spiro atoms. The van der Waals surface area contributed by atoms with Crippen LogP contribution in [0, 0.1) is 40.4 Å². The number of esters is 2. The van der Waals surface area contributed by atoms with E-state index in [1.165, 1.54) is 20.8 Å². The van der Waals surface area contributed by atoms with Gasteiger partial charge in [0, 0.05) is 31.6 Å². The maximum absolute atomic E-state index is 12.8. The van der Waals surface area contributed by atoms with Crippen molar-refractivity contribution in [3.05, 3.63) is 23.8 Å². The molecule has 12 aliphatic rings. The summed E-state index contributed by atoms with van der Waals surface area (Å²) >= 11 is 0. The molecule has 0 aromatic rings. The zero-order chi connectivity index (χ0) is 70.7. The van der Waals surface area contributed by atoms with Gasteiger partial charge in [-0.05, 0) is 74.7 Å². The maximum Gasteiger partial charge on any atom is 0.303 e. The quantitative estimate of drug-likeness (QED) is 0.0476. The number of aliphatic hydroxyl groups is 16. The molecule has 0 bridgehead atoms. The van der Waals surface area contributed by atoms with Gasteiger partial charge in [-0.2, -0.15) is 0 Å². The summed E-state index contributed by atoms with van der Waals surface area (Å²) in [4.78, 5) is 25.0. The third kappa shape index (κ3) is 13.2. The van der Waals surface area contributed by atoms with Crippen LogP contribution in [0.5, 0.6) is 0 Å². The Labute approximate surface area is 563 Å². The number of fused-ring (bicyclic) bond motifs is 7. The summed E-state index contributed by atoms with van der Waals surface area (Å²) in [5, 5.41) is 177. The Morgan fingerprint density at radius 1 is 0.633 bits per heavy atom. The lowest BCUT2D eigenvalue weighted by atomic mass is 9.46. The van der Waals surface area contributed by atoms with Gasteiger partial charge >= 0.3 is 11.9 Å².